The number of benzene rings is 1. The summed E-state index contributed by atoms with van der Waals surface area (Å²) in [6.45, 7) is 5.30. The van der Waals surface area contributed by atoms with Crippen LogP contribution in [0.2, 0.25) is 0 Å². The first-order valence-corrected chi connectivity index (χ1v) is 9.84. The molecule has 9 heteroatoms. The fourth-order valence-electron chi connectivity index (χ4n) is 2.17. The molecule has 8 nitrogen and oxygen atoms in total. The molecule has 1 amide bonds. The van der Waals surface area contributed by atoms with Crippen LogP contribution in [0, 0.1) is 0 Å². The van der Waals surface area contributed by atoms with Gasteiger partial charge in [-0.3, -0.25) is 4.79 Å². The maximum atomic E-state index is 12.2. The Bertz CT molecular complexity index is 901. The van der Waals surface area contributed by atoms with Gasteiger partial charge in [0.1, 0.15) is 5.82 Å². The molecule has 0 spiro atoms. The highest BCUT2D eigenvalue weighted by atomic mass is 32.2. The molecule has 140 valence electrons. The quantitative estimate of drug-likeness (QED) is 0.770. The molecule has 0 unspecified atom stereocenters. The SMILES string of the molecule is CC(C)n1nccc1NC(=O)[C@@H](C)OC(=O)c1ccc(S(C)(=O)=O)cc1. The molecule has 0 aliphatic rings. The van der Waals surface area contributed by atoms with Crippen molar-refractivity contribution in [2.45, 2.75) is 37.8 Å². The third-order valence-corrected chi connectivity index (χ3v) is 4.71. The number of hydrogen-bond donors (Lipinski definition) is 1. The van der Waals surface area contributed by atoms with Gasteiger partial charge in [-0.25, -0.2) is 17.9 Å². The maximum Gasteiger partial charge on any atom is 0.338 e. The summed E-state index contributed by atoms with van der Waals surface area (Å²) in [6, 6.07) is 7.03. The summed E-state index contributed by atoms with van der Waals surface area (Å²) in [7, 11) is -3.35. The normalized spacial score (nSPS) is 12.7. The molecule has 1 heterocycles. The largest absolute Gasteiger partial charge is 0.449 e. The van der Waals surface area contributed by atoms with Crippen molar-refractivity contribution in [2.75, 3.05) is 11.6 Å². The summed E-state index contributed by atoms with van der Waals surface area (Å²) in [6.07, 6.45) is 1.61. The number of nitrogens with zero attached hydrogens (tertiary/aromatic N) is 2. The second kappa shape index (κ2) is 7.69. The van der Waals surface area contributed by atoms with Gasteiger partial charge in [0.15, 0.2) is 15.9 Å². The van der Waals surface area contributed by atoms with Crippen LogP contribution in [0.4, 0.5) is 5.82 Å². The van der Waals surface area contributed by atoms with Crippen LogP contribution in [-0.2, 0) is 19.4 Å². The Morgan fingerprint density at radius 3 is 2.27 bits per heavy atom. The van der Waals surface area contributed by atoms with Gasteiger partial charge in [0, 0.05) is 18.4 Å². The number of carbonyl (C=O) groups excluding carboxylic acids is 2. The van der Waals surface area contributed by atoms with E-state index in [0.717, 1.165) is 6.26 Å². The van der Waals surface area contributed by atoms with Crippen molar-refractivity contribution in [3.8, 4) is 0 Å². The van der Waals surface area contributed by atoms with Gasteiger partial charge in [-0.2, -0.15) is 5.10 Å². The molecular weight excluding hydrogens is 358 g/mol. The average molecular weight is 379 g/mol. The summed E-state index contributed by atoms with van der Waals surface area (Å²) >= 11 is 0. The lowest BCUT2D eigenvalue weighted by molar-refractivity contribution is -0.123. The zero-order valence-corrected chi connectivity index (χ0v) is 15.8. The average Bonchev–Trinajstić information content (AvgIpc) is 3.02. The highest BCUT2D eigenvalue weighted by Gasteiger charge is 2.21. The smallest absolute Gasteiger partial charge is 0.338 e. The number of amides is 1. The zero-order valence-electron chi connectivity index (χ0n) is 15.0. The Morgan fingerprint density at radius 2 is 1.73 bits per heavy atom. The number of carbonyl (C=O) groups is 2. The molecule has 0 saturated heterocycles. The summed E-state index contributed by atoms with van der Waals surface area (Å²) in [5.41, 5.74) is 0.157. The predicted octanol–water partition coefficient (Wildman–Crippen LogP) is 2.05. The van der Waals surface area contributed by atoms with Crippen molar-refractivity contribution in [1.82, 2.24) is 9.78 Å². The van der Waals surface area contributed by atoms with E-state index in [9.17, 15) is 18.0 Å². The van der Waals surface area contributed by atoms with Crippen LogP contribution in [-0.4, -0.2) is 42.4 Å². The topological polar surface area (TPSA) is 107 Å². The van der Waals surface area contributed by atoms with Crippen LogP contribution >= 0.6 is 0 Å². The maximum absolute atomic E-state index is 12.2. The Labute approximate surface area is 152 Å². The molecule has 1 atom stereocenters. The summed E-state index contributed by atoms with van der Waals surface area (Å²) in [5.74, 6) is -0.705. The highest BCUT2D eigenvalue weighted by molar-refractivity contribution is 7.90. The van der Waals surface area contributed by atoms with E-state index in [0.29, 0.717) is 5.82 Å². The lowest BCUT2D eigenvalue weighted by Crippen LogP contribution is -2.31. The number of anilines is 1. The van der Waals surface area contributed by atoms with Crippen molar-refractivity contribution in [2.24, 2.45) is 0 Å². The summed E-state index contributed by atoms with van der Waals surface area (Å²) in [4.78, 5) is 24.5. The van der Waals surface area contributed by atoms with Gasteiger partial charge in [-0.15, -0.1) is 0 Å². The van der Waals surface area contributed by atoms with E-state index in [1.54, 1.807) is 16.9 Å². The number of sulfone groups is 1. The molecular formula is C17H21N3O5S. The molecule has 0 saturated carbocycles. The third-order valence-electron chi connectivity index (χ3n) is 3.58. The van der Waals surface area contributed by atoms with Crippen molar-refractivity contribution >= 4 is 27.5 Å². The van der Waals surface area contributed by atoms with Crippen molar-refractivity contribution < 1.29 is 22.7 Å². The number of rotatable bonds is 6. The first-order chi connectivity index (χ1) is 12.1. The van der Waals surface area contributed by atoms with E-state index in [1.807, 2.05) is 13.8 Å². The zero-order chi connectivity index (χ0) is 19.5. The van der Waals surface area contributed by atoms with Crippen molar-refractivity contribution in [3.63, 3.8) is 0 Å². The van der Waals surface area contributed by atoms with Gasteiger partial charge in [-0.05, 0) is 45.0 Å². The van der Waals surface area contributed by atoms with Gasteiger partial charge in [-0.1, -0.05) is 0 Å². The van der Waals surface area contributed by atoms with Crippen LogP contribution in [0.5, 0.6) is 0 Å². The summed E-state index contributed by atoms with van der Waals surface area (Å²) in [5, 5.41) is 6.77. The Kier molecular flexibility index (Phi) is 5.81. The van der Waals surface area contributed by atoms with Crippen LogP contribution in [0.1, 0.15) is 37.2 Å². The number of esters is 1. The molecule has 0 radical (unpaired) electrons. The summed E-state index contributed by atoms with van der Waals surface area (Å²) < 4.78 is 29.6. The van der Waals surface area contributed by atoms with Crippen molar-refractivity contribution in [3.05, 3.63) is 42.1 Å². The van der Waals surface area contributed by atoms with E-state index in [2.05, 4.69) is 10.4 Å². The molecule has 0 aliphatic heterocycles. The molecule has 1 aromatic carbocycles. The minimum Gasteiger partial charge on any atom is -0.449 e. The fraction of sp³-hybridized carbons (Fsp3) is 0.353. The molecule has 0 bridgehead atoms. The second-order valence-electron chi connectivity index (χ2n) is 6.09. The number of aromatic nitrogens is 2. The van der Waals surface area contributed by atoms with E-state index < -0.39 is 27.8 Å². The Hall–Kier alpha value is -2.68. The van der Waals surface area contributed by atoms with E-state index >= 15 is 0 Å². The number of nitrogens with one attached hydrogen (secondary N) is 1. The monoisotopic (exact) mass is 379 g/mol. The van der Waals surface area contributed by atoms with E-state index in [4.69, 9.17) is 4.74 Å². The van der Waals surface area contributed by atoms with Gasteiger partial charge >= 0.3 is 5.97 Å². The molecule has 2 rings (SSSR count). The molecule has 1 aromatic heterocycles. The third kappa shape index (κ3) is 4.69. The van der Waals surface area contributed by atoms with Crippen LogP contribution in [0.3, 0.4) is 0 Å². The Balaban J connectivity index is 2.02. The van der Waals surface area contributed by atoms with Crippen LogP contribution in [0.15, 0.2) is 41.4 Å². The highest BCUT2D eigenvalue weighted by Crippen LogP contribution is 2.15. The lowest BCUT2D eigenvalue weighted by Gasteiger charge is -2.15. The molecule has 26 heavy (non-hydrogen) atoms. The fourth-order valence-corrected chi connectivity index (χ4v) is 2.80. The minimum atomic E-state index is -3.35. The second-order valence-corrected chi connectivity index (χ2v) is 8.10. The number of hydrogen-bond acceptors (Lipinski definition) is 6. The van der Waals surface area contributed by atoms with Crippen LogP contribution < -0.4 is 5.32 Å². The molecule has 1 N–H and O–H groups in total. The van der Waals surface area contributed by atoms with E-state index in [1.165, 1.54) is 31.2 Å². The first kappa shape index (κ1) is 19.6. The molecule has 0 aliphatic carbocycles. The predicted molar refractivity (Wildman–Crippen MR) is 95.7 cm³/mol. The Morgan fingerprint density at radius 1 is 1.12 bits per heavy atom. The molecule has 0 fully saturated rings. The van der Waals surface area contributed by atoms with Gasteiger partial charge in [0.05, 0.1) is 16.7 Å². The number of ether oxygens (including phenoxy) is 1. The first-order valence-electron chi connectivity index (χ1n) is 7.95. The van der Waals surface area contributed by atoms with Gasteiger partial charge in [0.2, 0.25) is 0 Å². The standard InChI is InChI=1S/C17H21N3O5S/c1-11(2)20-15(9-10-18-20)19-16(21)12(3)25-17(22)13-5-7-14(8-6-13)26(4,23)24/h5-12H,1-4H3,(H,19,21)/t12-/m1/s1. The van der Waals surface area contributed by atoms with Gasteiger partial charge in [0.25, 0.3) is 5.91 Å². The van der Waals surface area contributed by atoms with Crippen LogP contribution in [0.25, 0.3) is 0 Å². The van der Waals surface area contributed by atoms with E-state index in [-0.39, 0.29) is 16.5 Å². The lowest BCUT2D eigenvalue weighted by atomic mass is 10.2. The minimum absolute atomic E-state index is 0.0616. The van der Waals surface area contributed by atoms with Gasteiger partial charge < -0.3 is 10.1 Å². The van der Waals surface area contributed by atoms with Crippen molar-refractivity contribution in [1.29, 1.82) is 0 Å². The molecule has 2 aromatic rings.